The molecule has 0 radical (unpaired) electrons. The van der Waals surface area contributed by atoms with E-state index in [-0.39, 0.29) is 29.2 Å². The first-order valence-corrected chi connectivity index (χ1v) is 12.7. The first-order chi connectivity index (χ1) is 15.9. The number of hydrogen-bond donors (Lipinski definition) is 0. The average molecular weight is 505 g/mol. The number of anilines is 1. The standard InChI is InChI=1S/C21H24F4N4O4S/c1-34(31,32)16-3-2-13(17(22)11-16)10-14-4-9-29(19(14)30)15-5-7-28(8-6-15)20-26-18(33-27-20)12-21(23,24)25/h2-3,11,14-15H,4-10,12H2,1H3/t14-/m1/s1. The second-order valence-corrected chi connectivity index (χ2v) is 10.8. The molecule has 1 aromatic carbocycles. The van der Waals surface area contributed by atoms with Gasteiger partial charge in [-0.15, -0.1) is 0 Å². The van der Waals surface area contributed by atoms with Gasteiger partial charge in [-0.2, -0.15) is 18.2 Å². The summed E-state index contributed by atoms with van der Waals surface area (Å²) >= 11 is 0. The van der Waals surface area contributed by atoms with Crippen LogP contribution in [0.5, 0.6) is 0 Å². The lowest BCUT2D eigenvalue weighted by Crippen LogP contribution is -2.46. The highest BCUT2D eigenvalue weighted by Gasteiger charge is 2.38. The molecule has 3 heterocycles. The number of sulfone groups is 1. The Labute approximate surface area is 193 Å². The van der Waals surface area contributed by atoms with E-state index < -0.39 is 40.1 Å². The first kappa shape index (κ1) is 24.4. The summed E-state index contributed by atoms with van der Waals surface area (Å²) in [6.07, 6.45) is -2.75. The van der Waals surface area contributed by atoms with Gasteiger partial charge < -0.3 is 14.3 Å². The Kier molecular flexibility index (Phi) is 6.58. The third-order valence-corrected chi connectivity index (χ3v) is 7.38. The molecule has 34 heavy (non-hydrogen) atoms. The van der Waals surface area contributed by atoms with Gasteiger partial charge in [0.25, 0.3) is 5.95 Å². The molecule has 1 aromatic heterocycles. The Hall–Kier alpha value is -2.70. The largest absolute Gasteiger partial charge is 0.397 e. The third kappa shape index (κ3) is 5.50. The molecule has 0 N–H and O–H groups in total. The summed E-state index contributed by atoms with van der Waals surface area (Å²) in [5, 5.41) is 3.64. The third-order valence-electron chi connectivity index (χ3n) is 6.27. The van der Waals surface area contributed by atoms with Crippen LogP contribution in [0.3, 0.4) is 0 Å². The van der Waals surface area contributed by atoms with Crippen molar-refractivity contribution >= 4 is 21.7 Å². The number of benzene rings is 1. The smallest absolute Gasteiger partial charge is 0.339 e. The molecular formula is C21H24F4N4O4S. The van der Waals surface area contributed by atoms with Gasteiger partial charge in [0.1, 0.15) is 12.2 Å². The highest BCUT2D eigenvalue weighted by Crippen LogP contribution is 2.30. The zero-order chi connectivity index (χ0) is 24.7. The summed E-state index contributed by atoms with van der Waals surface area (Å²) in [6, 6.07) is 3.71. The molecule has 186 valence electrons. The van der Waals surface area contributed by atoms with Crippen molar-refractivity contribution in [2.24, 2.45) is 5.92 Å². The predicted molar refractivity (Wildman–Crippen MR) is 112 cm³/mol. The van der Waals surface area contributed by atoms with Gasteiger partial charge >= 0.3 is 6.18 Å². The fraction of sp³-hybridized carbons (Fsp3) is 0.571. The summed E-state index contributed by atoms with van der Waals surface area (Å²) in [4.78, 5) is 20.2. The van der Waals surface area contributed by atoms with Crippen molar-refractivity contribution in [2.75, 3.05) is 30.8 Å². The van der Waals surface area contributed by atoms with Crippen LogP contribution in [0.25, 0.3) is 0 Å². The van der Waals surface area contributed by atoms with E-state index in [2.05, 4.69) is 10.1 Å². The van der Waals surface area contributed by atoms with Gasteiger partial charge in [0.2, 0.25) is 11.8 Å². The summed E-state index contributed by atoms with van der Waals surface area (Å²) in [6.45, 7) is 1.46. The summed E-state index contributed by atoms with van der Waals surface area (Å²) in [5.74, 6) is -1.49. The number of nitrogens with zero attached hydrogens (tertiary/aromatic N) is 4. The molecule has 0 saturated carbocycles. The zero-order valence-electron chi connectivity index (χ0n) is 18.4. The molecule has 1 amide bonds. The first-order valence-electron chi connectivity index (χ1n) is 10.8. The molecule has 0 bridgehead atoms. The second-order valence-electron chi connectivity index (χ2n) is 8.75. The number of carbonyl (C=O) groups is 1. The van der Waals surface area contributed by atoms with Crippen LogP contribution in [0.15, 0.2) is 27.6 Å². The average Bonchev–Trinajstić information content (AvgIpc) is 3.34. The highest BCUT2D eigenvalue weighted by molar-refractivity contribution is 7.90. The van der Waals surface area contributed by atoms with Crippen molar-refractivity contribution in [1.29, 1.82) is 0 Å². The molecular weight excluding hydrogens is 480 g/mol. The minimum Gasteiger partial charge on any atom is -0.339 e. The lowest BCUT2D eigenvalue weighted by Gasteiger charge is -2.36. The van der Waals surface area contributed by atoms with Gasteiger partial charge in [0.15, 0.2) is 9.84 Å². The number of halogens is 4. The Bertz CT molecular complexity index is 1160. The minimum absolute atomic E-state index is 0.0345. The number of likely N-dealkylation sites (tertiary alicyclic amines) is 1. The monoisotopic (exact) mass is 504 g/mol. The van der Waals surface area contributed by atoms with E-state index in [0.29, 0.717) is 44.5 Å². The fourth-order valence-electron chi connectivity index (χ4n) is 4.50. The van der Waals surface area contributed by atoms with E-state index in [4.69, 9.17) is 4.52 Å². The summed E-state index contributed by atoms with van der Waals surface area (Å²) < 4.78 is 79.8. The van der Waals surface area contributed by atoms with Crippen LogP contribution in [0.4, 0.5) is 23.5 Å². The molecule has 0 spiro atoms. The van der Waals surface area contributed by atoms with Gasteiger partial charge in [-0.1, -0.05) is 6.07 Å². The van der Waals surface area contributed by atoms with Gasteiger partial charge in [-0.25, -0.2) is 12.8 Å². The maximum absolute atomic E-state index is 14.4. The molecule has 1 atom stereocenters. The number of hydrogen-bond acceptors (Lipinski definition) is 7. The van der Waals surface area contributed by atoms with Crippen molar-refractivity contribution in [2.45, 2.75) is 49.2 Å². The SMILES string of the molecule is CS(=O)(=O)c1ccc(C[C@H]2CCN(C3CCN(c4noc(CC(F)(F)F)n4)CC3)C2=O)c(F)c1. The number of alkyl halides is 3. The van der Waals surface area contributed by atoms with Crippen molar-refractivity contribution in [3.63, 3.8) is 0 Å². The molecule has 2 saturated heterocycles. The molecule has 2 fully saturated rings. The summed E-state index contributed by atoms with van der Waals surface area (Å²) in [5.41, 5.74) is 0.300. The van der Waals surface area contributed by atoms with E-state index in [1.165, 1.54) is 12.1 Å². The normalized spacial score (nSPS) is 20.4. The zero-order valence-corrected chi connectivity index (χ0v) is 19.2. The Morgan fingerprint density at radius 3 is 2.47 bits per heavy atom. The number of rotatable bonds is 6. The van der Waals surface area contributed by atoms with Crippen LogP contribution >= 0.6 is 0 Å². The molecule has 8 nitrogen and oxygen atoms in total. The van der Waals surface area contributed by atoms with E-state index in [9.17, 15) is 30.8 Å². The van der Waals surface area contributed by atoms with E-state index in [1.54, 1.807) is 9.80 Å². The quantitative estimate of drug-likeness (QED) is 0.558. The Morgan fingerprint density at radius 2 is 1.85 bits per heavy atom. The number of aromatic nitrogens is 2. The Balaban J connectivity index is 1.33. The molecule has 2 aliphatic rings. The fourth-order valence-corrected chi connectivity index (χ4v) is 5.13. The number of carbonyl (C=O) groups excluding carboxylic acids is 1. The molecule has 0 aliphatic carbocycles. The predicted octanol–water partition coefficient (Wildman–Crippen LogP) is 2.78. The van der Waals surface area contributed by atoms with Crippen LogP contribution in [0.2, 0.25) is 0 Å². The number of amides is 1. The number of piperidine rings is 1. The molecule has 4 rings (SSSR count). The van der Waals surface area contributed by atoms with Gasteiger partial charge in [-0.05, 0) is 48.5 Å². The van der Waals surface area contributed by atoms with E-state index in [1.807, 2.05) is 0 Å². The lowest BCUT2D eigenvalue weighted by atomic mass is 9.97. The van der Waals surface area contributed by atoms with E-state index in [0.717, 1.165) is 12.3 Å². The van der Waals surface area contributed by atoms with Gasteiger partial charge in [0, 0.05) is 37.8 Å². The summed E-state index contributed by atoms with van der Waals surface area (Å²) in [7, 11) is -3.52. The van der Waals surface area contributed by atoms with Crippen LogP contribution in [-0.4, -0.2) is 67.5 Å². The molecule has 0 unspecified atom stereocenters. The van der Waals surface area contributed by atoms with Crippen LogP contribution in [0, 0.1) is 11.7 Å². The van der Waals surface area contributed by atoms with Crippen molar-refractivity contribution in [3.05, 3.63) is 35.5 Å². The maximum atomic E-state index is 14.4. The molecule has 2 aliphatic heterocycles. The second kappa shape index (κ2) is 9.16. The molecule has 13 heteroatoms. The van der Waals surface area contributed by atoms with Crippen molar-refractivity contribution < 1.29 is 35.3 Å². The van der Waals surface area contributed by atoms with Crippen LogP contribution in [-0.2, 0) is 27.5 Å². The lowest BCUT2D eigenvalue weighted by molar-refractivity contribution is -0.133. The van der Waals surface area contributed by atoms with Crippen molar-refractivity contribution in [1.82, 2.24) is 15.0 Å². The Morgan fingerprint density at radius 1 is 1.15 bits per heavy atom. The van der Waals surface area contributed by atoms with Crippen LogP contribution in [0.1, 0.15) is 30.7 Å². The highest BCUT2D eigenvalue weighted by atomic mass is 32.2. The van der Waals surface area contributed by atoms with Crippen LogP contribution < -0.4 is 4.90 Å². The van der Waals surface area contributed by atoms with Gasteiger partial charge in [0.05, 0.1) is 4.90 Å². The van der Waals surface area contributed by atoms with E-state index >= 15 is 0 Å². The van der Waals surface area contributed by atoms with Crippen molar-refractivity contribution in [3.8, 4) is 0 Å². The minimum atomic E-state index is -4.43. The van der Waals surface area contributed by atoms with Gasteiger partial charge in [-0.3, -0.25) is 4.79 Å². The topological polar surface area (TPSA) is 96.6 Å². The molecule has 2 aromatic rings. The maximum Gasteiger partial charge on any atom is 0.397 e.